The summed E-state index contributed by atoms with van der Waals surface area (Å²) in [7, 11) is 0. The lowest BCUT2D eigenvalue weighted by molar-refractivity contribution is -0.121. The highest BCUT2D eigenvalue weighted by atomic mass is 32.1. The lowest BCUT2D eigenvalue weighted by atomic mass is 10.4. The summed E-state index contributed by atoms with van der Waals surface area (Å²) >= 11 is 1.70. The van der Waals surface area contributed by atoms with E-state index in [1.165, 1.54) is 16.1 Å². The number of aromatic nitrogens is 3. The molecule has 90 valence electrons. The minimum atomic E-state index is 0.0338. The molecule has 0 aliphatic heterocycles. The van der Waals surface area contributed by atoms with Crippen molar-refractivity contribution in [3.05, 3.63) is 34.5 Å². The van der Waals surface area contributed by atoms with Crippen LogP contribution in [0.2, 0.25) is 0 Å². The van der Waals surface area contributed by atoms with E-state index >= 15 is 0 Å². The van der Waals surface area contributed by atoms with E-state index in [-0.39, 0.29) is 5.91 Å². The average Bonchev–Trinajstić information content (AvgIpc) is 2.95. The van der Waals surface area contributed by atoms with Gasteiger partial charge in [0.1, 0.15) is 12.7 Å². The van der Waals surface area contributed by atoms with Crippen LogP contribution in [0.5, 0.6) is 0 Å². The highest BCUT2D eigenvalue weighted by Gasteiger charge is 2.03. The topological polar surface area (TPSA) is 59.8 Å². The average molecular weight is 250 g/mol. The normalized spacial score (nSPS) is 10.4. The van der Waals surface area contributed by atoms with E-state index in [1.54, 1.807) is 22.3 Å². The number of aryl methyl sites for hydroxylation is 2. The summed E-state index contributed by atoms with van der Waals surface area (Å²) in [5, 5.41) is 6.82. The molecule has 2 rings (SSSR count). The molecule has 0 saturated heterocycles. The number of thiophene rings is 1. The molecule has 0 atom stereocenters. The van der Waals surface area contributed by atoms with Gasteiger partial charge < -0.3 is 5.32 Å². The first-order chi connectivity index (χ1) is 8.24. The number of nitrogens with one attached hydrogen (secondary N) is 1. The quantitative estimate of drug-likeness (QED) is 0.871. The molecule has 1 N–H and O–H groups in total. The van der Waals surface area contributed by atoms with Crippen LogP contribution < -0.4 is 5.32 Å². The maximum Gasteiger partial charge on any atom is 0.222 e. The Balaban J connectivity index is 1.71. The molecule has 0 fully saturated rings. The van der Waals surface area contributed by atoms with Gasteiger partial charge in [0.25, 0.3) is 0 Å². The Bertz CT molecular complexity index is 477. The van der Waals surface area contributed by atoms with Gasteiger partial charge in [-0.3, -0.25) is 9.48 Å². The SMILES string of the molecule is Cc1ccc(CNC(=O)CCn2cncn2)s1. The zero-order valence-corrected chi connectivity index (χ0v) is 10.4. The number of rotatable bonds is 5. The van der Waals surface area contributed by atoms with Crippen LogP contribution in [0.3, 0.4) is 0 Å². The first kappa shape index (κ1) is 11.8. The second kappa shape index (κ2) is 5.58. The number of nitrogens with zero attached hydrogens (tertiary/aromatic N) is 3. The van der Waals surface area contributed by atoms with Crippen LogP contribution in [0, 0.1) is 6.92 Å². The standard InChI is InChI=1S/C11H14N4OS/c1-9-2-3-10(17-9)6-13-11(16)4-5-15-8-12-7-14-15/h2-3,7-8H,4-6H2,1H3,(H,13,16). The van der Waals surface area contributed by atoms with Crippen molar-refractivity contribution >= 4 is 17.2 Å². The fourth-order valence-electron chi connectivity index (χ4n) is 1.42. The summed E-state index contributed by atoms with van der Waals surface area (Å²) in [6, 6.07) is 4.10. The lowest BCUT2D eigenvalue weighted by Crippen LogP contribution is -2.23. The zero-order valence-electron chi connectivity index (χ0n) is 9.59. The van der Waals surface area contributed by atoms with Crippen LogP contribution in [0.25, 0.3) is 0 Å². The Morgan fingerprint density at radius 1 is 1.53 bits per heavy atom. The zero-order chi connectivity index (χ0) is 12.1. The Kier molecular flexibility index (Phi) is 3.87. The van der Waals surface area contributed by atoms with Crippen molar-refractivity contribution in [1.82, 2.24) is 20.1 Å². The van der Waals surface area contributed by atoms with Gasteiger partial charge in [0.2, 0.25) is 5.91 Å². The molecule has 0 radical (unpaired) electrons. The first-order valence-corrected chi connectivity index (χ1v) is 6.20. The molecule has 2 aromatic rings. The summed E-state index contributed by atoms with van der Waals surface area (Å²) in [6.45, 7) is 3.23. The molecule has 0 aliphatic rings. The van der Waals surface area contributed by atoms with Crippen molar-refractivity contribution in [2.45, 2.75) is 26.4 Å². The number of carbonyl (C=O) groups is 1. The monoisotopic (exact) mass is 250 g/mol. The van der Waals surface area contributed by atoms with E-state index < -0.39 is 0 Å². The number of carbonyl (C=O) groups excluding carboxylic acids is 1. The number of hydrogen-bond acceptors (Lipinski definition) is 4. The number of amides is 1. The van der Waals surface area contributed by atoms with Gasteiger partial charge in [-0.1, -0.05) is 0 Å². The molecule has 0 bridgehead atoms. The van der Waals surface area contributed by atoms with Crippen LogP contribution in [0.4, 0.5) is 0 Å². The molecule has 0 aromatic carbocycles. The molecular weight excluding hydrogens is 236 g/mol. The Morgan fingerprint density at radius 3 is 3.06 bits per heavy atom. The van der Waals surface area contributed by atoms with Gasteiger partial charge in [0, 0.05) is 16.2 Å². The third-order valence-electron chi connectivity index (χ3n) is 2.29. The predicted molar refractivity (Wildman–Crippen MR) is 65.5 cm³/mol. The molecule has 0 saturated carbocycles. The maximum absolute atomic E-state index is 11.6. The molecule has 0 spiro atoms. The molecule has 17 heavy (non-hydrogen) atoms. The Labute approximate surface area is 103 Å². The van der Waals surface area contributed by atoms with Gasteiger partial charge in [0.15, 0.2) is 0 Å². The van der Waals surface area contributed by atoms with E-state index in [2.05, 4.69) is 28.4 Å². The van der Waals surface area contributed by atoms with Crippen LogP contribution in [-0.4, -0.2) is 20.7 Å². The smallest absolute Gasteiger partial charge is 0.222 e. The van der Waals surface area contributed by atoms with Gasteiger partial charge in [-0.05, 0) is 19.1 Å². The summed E-state index contributed by atoms with van der Waals surface area (Å²) in [6.07, 6.45) is 3.50. The summed E-state index contributed by atoms with van der Waals surface area (Å²) in [5.41, 5.74) is 0. The van der Waals surface area contributed by atoms with E-state index in [0.717, 1.165) is 0 Å². The van der Waals surface area contributed by atoms with Crippen molar-refractivity contribution in [1.29, 1.82) is 0 Å². The summed E-state index contributed by atoms with van der Waals surface area (Å²) in [4.78, 5) is 17.8. The Hall–Kier alpha value is -1.69. The minimum Gasteiger partial charge on any atom is -0.351 e. The van der Waals surface area contributed by atoms with E-state index in [1.807, 2.05) is 6.07 Å². The van der Waals surface area contributed by atoms with Crippen LogP contribution >= 0.6 is 11.3 Å². The van der Waals surface area contributed by atoms with Crippen LogP contribution in [0.1, 0.15) is 16.2 Å². The molecule has 6 heteroatoms. The first-order valence-electron chi connectivity index (χ1n) is 5.38. The van der Waals surface area contributed by atoms with Gasteiger partial charge in [-0.2, -0.15) is 5.10 Å². The van der Waals surface area contributed by atoms with Gasteiger partial charge in [-0.25, -0.2) is 4.98 Å². The Morgan fingerprint density at radius 2 is 2.41 bits per heavy atom. The van der Waals surface area contributed by atoms with Gasteiger partial charge in [-0.15, -0.1) is 11.3 Å². The van der Waals surface area contributed by atoms with Crippen molar-refractivity contribution in [3.8, 4) is 0 Å². The number of hydrogen-bond donors (Lipinski definition) is 1. The van der Waals surface area contributed by atoms with Crippen molar-refractivity contribution in [2.75, 3.05) is 0 Å². The summed E-state index contributed by atoms with van der Waals surface area (Å²) < 4.78 is 1.65. The second-order valence-electron chi connectivity index (χ2n) is 3.70. The van der Waals surface area contributed by atoms with E-state index in [4.69, 9.17) is 0 Å². The maximum atomic E-state index is 11.6. The third-order valence-corrected chi connectivity index (χ3v) is 3.29. The van der Waals surface area contributed by atoms with Crippen LogP contribution in [0.15, 0.2) is 24.8 Å². The molecule has 0 unspecified atom stereocenters. The van der Waals surface area contributed by atoms with E-state index in [0.29, 0.717) is 19.5 Å². The fraction of sp³-hybridized carbons (Fsp3) is 0.364. The molecule has 0 aliphatic carbocycles. The largest absolute Gasteiger partial charge is 0.351 e. The van der Waals surface area contributed by atoms with Crippen LogP contribution in [-0.2, 0) is 17.9 Å². The van der Waals surface area contributed by atoms with E-state index in [9.17, 15) is 4.79 Å². The molecule has 1 amide bonds. The molecule has 2 heterocycles. The minimum absolute atomic E-state index is 0.0338. The van der Waals surface area contributed by atoms with Gasteiger partial charge in [0.05, 0.1) is 13.1 Å². The molecule has 2 aromatic heterocycles. The van der Waals surface area contributed by atoms with Crippen molar-refractivity contribution in [2.24, 2.45) is 0 Å². The predicted octanol–water partition coefficient (Wildman–Crippen LogP) is 1.35. The van der Waals surface area contributed by atoms with Crippen molar-refractivity contribution < 1.29 is 4.79 Å². The lowest BCUT2D eigenvalue weighted by Gasteiger charge is -2.03. The second-order valence-corrected chi connectivity index (χ2v) is 5.07. The third kappa shape index (κ3) is 3.67. The molecular formula is C11H14N4OS. The molecule has 5 nitrogen and oxygen atoms in total. The summed E-state index contributed by atoms with van der Waals surface area (Å²) in [5.74, 6) is 0.0338. The highest BCUT2D eigenvalue weighted by Crippen LogP contribution is 2.14. The van der Waals surface area contributed by atoms with Gasteiger partial charge >= 0.3 is 0 Å². The fourth-order valence-corrected chi connectivity index (χ4v) is 2.25. The van der Waals surface area contributed by atoms with Crippen molar-refractivity contribution in [3.63, 3.8) is 0 Å². The highest BCUT2D eigenvalue weighted by molar-refractivity contribution is 7.11.